The van der Waals surface area contributed by atoms with E-state index in [1.165, 1.54) is 20.3 Å². The van der Waals surface area contributed by atoms with Gasteiger partial charge in [0.2, 0.25) is 0 Å². The molecule has 28 heavy (non-hydrogen) atoms. The van der Waals surface area contributed by atoms with E-state index in [0.29, 0.717) is 34.7 Å². The minimum absolute atomic E-state index is 0.00975. The molecule has 0 radical (unpaired) electrons. The number of carbonyl (C=O) groups is 2. The van der Waals surface area contributed by atoms with Gasteiger partial charge in [-0.05, 0) is 12.1 Å². The number of aromatic hydroxyl groups is 2. The van der Waals surface area contributed by atoms with E-state index in [0.717, 1.165) is 6.07 Å². The first kappa shape index (κ1) is 27.1. The minimum Gasteiger partial charge on any atom is -0.508 e. The van der Waals surface area contributed by atoms with E-state index in [-0.39, 0.29) is 25.3 Å². The van der Waals surface area contributed by atoms with Gasteiger partial charge < -0.3 is 19.7 Å². The van der Waals surface area contributed by atoms with Crippen molar-refractivity contribution in [2.45, 2.75) is 0 Å². The Morgan fingerprint density at radius 3 is 1.79 bits per heavy atom. The number of ether oxygens (including phenoxy) is 2. The van der Waals surface area contributed by atoms with Gasteiger partial charge in [0.05, 0.1) is 35.4 Å². The summed E-state index contributed by atoms with van der Waals surface area (Å²) in [5.41, 5.74) is 0.328. The molecule has 0 unspecified atom stereocenters. The maximum Gasteiger partial charge on any atom is 0.369 e. The van der Waals surface area contributed by atoms with E-state index in [4.69, 9.17) is 42.9 Å². The molecule has 0 aliphatic rings. The third-order valence-corrected chi connectivity index (χ3v) is 3.47. The van der Waals surface area contributed by atoms with Crippen LogP contribution in [0.25, 0.3) is 0 Å². The number of hydrogen-bond acceptors (Lipinski definition) is 6. The number of benzene rings is 2. The number of phenols is 2. The van der Waals surface area contributed by atoms with Crippen molar-refractivity contribution in [1.82, 2.24) is 0 Å². The lowest BCUT2D eigenvalue weighted by Gasteiger charge is -2.07. The van der Waals surface area contributed by atoms with Gasteiger partial charge in [-0.2, -0.15) is 0 Å². The van der Waals surface area contributed by atoms with Crippen molar-refractivity contribution >= 4 is 86.2 Å². The minimum atomic E-state index is -0.315. The van der Waals surface area contributed by atoms with Crippen LogP contribution in [0.4, 0.5) is 0 Å². The average molecular weight is 624 g/mol. The predicted octanol–water partition coefficient (Wildman–Crippen LogP) is 5.89. The van der Waals surface area contributed by atoms with Crippen molar-refractivity contribution < 1.29 is 29.3 Å². The average Bonchev–Trinajstić information content (AvgIpc) is 2.60. The van der Waals surface area contributed by atoms with E-state index in [2.05, 4.69) is 47.3 Å². The Morgan fingerprint density at radius 2 is 1.39 bits per heavy atom. The van der Waals surface area contributed by atoms with Gasteiger partial charge in [-0.3, -0.25) is 9.59 Å². The zero-order chi connectivity index (χ0) is 21.9. The van der Waals surface area contributed by atoms with Crippen LogP contribution < -0.4 is 9.47 Å². The molecule has 0 saturated heterocycles. The first-order valence-electron chi connectivity index (χ1n) is 7.06. The number of methoxy groups -OCH3 is 2. The van der Waals surface area contributed by atoms with Crippen LogP contribution in [0.3, 0.4) is 0 Å². The highest BCUT2D eigenvalue weighted by Crippen LogP contribution is 2.30. The molecule has 0 aliphatic heterocycles. The Kier molecular flexibility index (Phi) is 13.6. The Hall–Kier alpha value is -0.935. The molecule has 0 atom stereocenters. The third-order valence-electron chi connectivity index (χ3n) is 2.85. The molecule has 0 fully saturated rings. The zero-order valence-corrected chi connectivity index (χ0v) is 20.7. The SMILES string of the molecule is BrB(Br)Br.COc1cc(Cl)c(C=O)c(OC)c1.O=Cc1c(O)cc(O)cc1Cl. The lowest BCUT2D eigenvalue weighted by molar-refractivity contribution is 0.111. The van der Waals surface area contributed by atoms with Crippen LogP contribution in [-0.2, 0) is 0 Å². The summed E-state index contributed by atoms with van der Waals surface area (Å²) in [5.74, 6) is 0.495. The van der Waals surface area contributed by atoms with Crippen molar-refractivity contribution in [3.63, 3.8) is 0 Å². The fourth-order valence-electron chi connectivity index (χ4n) is 1.68. The summed E-state index contributed by atoms with van der Waals surface area (Å²) in [5, 5.41) is 18.2. The Bertz CT molecular complexity index is 782. The number of halogens is 5. The van der Waals surface area contributed by atoms with Crippen LogP contribution in [0, 0.1) is 0 Å². The summed E-state index contributed by atoms with van der Waals surface area (Å²) in [6.07, 6.45) is 1.08. The first-order chi connectivity index (χ1) is 13.1. The second kappa shape index (κ2) is 14.1. The number of phenolic OH excluding ortho intramolecular Hbond substituents is 2. The quantitative estimate of drug-likeness (QED) is 0.326. The molecule has 2 aromatic rings. The van der Waals surface area contributed by atoms with Crippen LogP contribution in [0.15, 0.2) is 24.3 Å². The fraction of sp³-hybridized carbons (Fsp3) is 0.125. The molecule has 0 aliphatic carbocycles. The summed E-state index contributed by atoms with van der Waals surface area (Å²) in [6.45, 7) is 0. The highest BCUT2D eigenvalue weighted by Gasteiger charge is 2.09. The molecule has 0 spiro atoms. The summed E-state index contributed by atoms with van der Waals surface area (Å²) < 4.78 is 10.2. The molecule has 6 nitrogen and oxygen atoms in total. The maximum atomic E-state index is 10.6. The van der Waals surface area contributed by atoms with Crippen molar-refractivity contribution in [3.8, 4) is 23.0 Å². The molecule has 0 amide bonds. The first-order valence-corrected chi connectivity index (χ1v) is 10.6. The smallest absolute Gasteiger partial charge is 0.369 e. The van der Waals surface area contributed by atoms with E-state index < -0.39 is 0 Å². The molecule has 2 rings (SSSR count). The van der Waals surface area contributed by atoms with Crippen molar-refractivity contribution in [1.29, 1.82) is 0 Å². The molecular formula is C16H14BBr3Cl2O6. The van der Waals surface area contributed by atoms with Gasteiger partial charge in [0.1, 0.15) is 23.0 Å². The largest absolute Gasteiger partial charge is 0.508 e. The molecular weight excluding hydrogens is 610 g/mol. The van der Waals surface area contributed by atoms with Crippen LogP contribution in [0.1, 0.15) is 20.7 Å². The van der Waals surface area contributed by atoms with Crippen LogP contribution in [0.5, 0.6) is 23.0 Å². The van der Waals surface area contributed by atoms with Gasteiger partial charge >= 0.3 is 3.18 Å². The summed E-state index contributed by atoms with van der Waals surface area (Å²) in [7, 11) is 2.99. The monoisotopic (exact) mass is 620 g/mol. The van der Waals surface area contributed by atoms with Gasteiger partial charge in [0, 0.05) is 12.1 Å². The molecule has 12 heteroatoms. The van der Waals surface area contributed by atoms with Gasteiger partial charge in [-0.1, -0.05) is 23.2 Å². The normalized spacial score (nSPS) is 9.11. The standard InChI is InChI=1S/C9H9ClO3.C7H5ClO3.BBr3/c1-12-6-3-8(10)7(5-11)9(4-6)13-2;8-6-1-4(10)2-7(11)5(6)3-9;2-1(3)4/h3-5H,1-2H3;1-3,10-11H;. The zero-order valence-electron chi connectivity index (χ0n) is 14.5. The van der Waals surface area contributed by atoms with Crippen molar-refractivity contribution in [2.24, 2.45) is 0 Å². The maximum absolute atomic E-state index is 10.6. The van der Waals surface area contributed by atoms with Crippen LogP contribution in [-0.4, -0.2) is 40.2 Å². The Balaban J connectivity index is 0.000000442. The summed E-state index contributed by atoms with van der Waals surface area (Å²) >= 11 is 20.6. The van der Waals surface area contributed by atoms with Gasteiger partial charge in [0.15, 0.2) is 12.6 Å². The van der Waals surface area contributed by atoms with E-state index in [1.54, 1.807) is 12.1 Å². The van der Waals surface area contributed by atoms with Gasteiger partial charge in [-0.25, -0.2) is 0 Å². The Morgan fingerprint density at radius 1 is 0.893 bits per heavy atom. The predicted molar refractivity (Wildman–Crippen MR) is 123 cm³/mol. The molecule has 0 saturated carbocycles. The van der Waals surface area contributed by atoms with Gasteiger partial charge in [0.25, 0.3) is 0 Å². The number of hydrogen-bond donors (Lipinski definition) is 2. The fourth-order valence-corrected chi connectivity index (χ4v) is 2.17. The molecule has 0 aromatic heterocycles. The lowest BCUT2D eigenvalue weighted by Crippen LogP contribution is -1.93. The molecule has 152 valence electrons. The Labute approximate surface area is 197 Å². The topological polar surface area (TPSA) is 93.1 Å². The van der Waals surface area contributed by atoms with Gasteiger partial charge in [-0.15, -0.1) is 47.3 Å². The van der Waals surface area contributed by atoms with Crippen LogP contribution in [0.2, 0.25) is 10.0 Å². The highest BCUT2D eigenvalue weighted by molar-refractivity contribution is 9.69. The lowest BCUT2D eigenvalue weighted by atomic mass is 10.2. The van der Waals surface area contributed by atoms with Crippen LogP contribution >= 0.6 is 70.5 Å². The number of carbonyl (C=O) groups excluding carboxylic acids is 2. The highest BCUT2D eigenvalue weighted by atomic mass is 79.9. The number of rotatable bonds is 4. The van der Waals surface area contributed by atoms with Crippen molar-refractivity contribution in [2.75, 3.05) is 14.2 Å². The second-order valence-corrected chi connectivity index (χ2v) is 11.8. The van der Waals surface area contributed by atoms with E-state index in [9.17, 15) is 9.59 Å². The summed E-state index contributed by atoms with van der Waals surface area (Å²) in [4.78, 5) is 20.8. The van der Waals surface area contributed by atoms with E-state index >= 15 is 0 Å². The summed E-state index contributed by atoms with van der Waals surface area (Å²) in [6, 6.07) is 5.41. The molecule has 2 N–H and O–H groups in total. The number of aldehydes is 2. The third kappa shape index (κ3) is 9.51. The second-order valence-electron chi connectivity index (χ2n) is 4.57. The molecule has 0 bridgehead atoms. The van der Waals surface area contributed by atoms with E-state index in [1.807, 2.05) is 0 Å². The molecule has 0 heterocycles. The van der Waals surface area contributed by atoms with Crippen molar-refractivity contribution in [3.05, 3.63) is 45.4 Å². The molecule has 2 aromatic carbocycles.